The fourth-order valence-corrected chi connectivity index (χ4v) is 2.29. The second-order valence-electron chi connectivity index (χ2n) is 4.54. The van der Waals surface area contributed by atoms with Crippen LogP contribution in [0.3, 0.4) is 0 Å². The number of rotatable bonds is 2. The van der Waals surface area contributed by atoms with Crippen molar-refractivity contribution in [1.82, 2.24) is 0 Å². The van der Waals surface area contributed by atoms with Gasteiger partial charge in [0.1, 0.15) is 17.5 Å². The minimum Gasteiger partial charge on any atom is -0.412 e. The normalized spacial score (nSPS) is 24.2. The van der Waals surface area contributed by atoms with Gasteiger partial charge < -0.3 is 4.84 Å². The fraction of sp³-hybridized carbons (Fsp3) is 0.385. The van der Waals surface area contributed by atoms with Gasteiger partial charge in [-0.1, -0.05) is 13.0 Å². The van der Waals surface area contributed by atoms with Gasteiger partial charge in [-0.25, -0.2) is 0 Å². The first-order chi connectivity index (χ1) is 8.04. The van der Waals surface area contributed by atoms with Gasteiger partial charge in [-0.05, 0) is 30.2 Å². The summed E-state index contributed by atoms with van der Waals surface area (Å²) in [6.07, 6.45) is 0.330. The highest BCUT2D eigenvalue weighted by Gasteiger charge is 2.40. The van der Waals surface area contributed by atoms with Crippen LogP contribution in [0.15, 0.2) is 18.2 Å². The standard InChI is InChI=1S/C13H15NO3/c1-7-3-4-9(17-14)6-10(7)12-11(15)5-8(2)13(12)16/h3-4,6,8,12H,5,14H2,1-2H3. The lowest BCUT2D eigenvalue weighted by Gasteiger charge is -2.12. The summed E-state index contributed by atoms with van der Waals surface area (Å²) in [5.74, 6) is 4.71. The Morgan fingerprint density at radius 1 is 1.35 bits per heavy atom. The number of benzene rings is 1. The molecule has 1 aromatic carbocycles. The molecule has 2 rings (SSSR count). The molecule has 0 aromatic heterocycles. The van der Waals surface area contributed by atoms with Gasteiger partial charge in [-0.2, -0.15) is 5.90 Å². The summed E-state index contributed by atoms with van der Waals surface area (Å²) < 4.78 is 0. The summed E-state index contributed by atoms with van der Waals surface area (Å²) in [5.41, 5.74) is 1.62. The monoisotopic (exact) mass is 233 g/mol. The maximum absolute atomic E-state index is 12.0. The topological polar surface area (TPSA) is 69.4 Å². The van der Waals surface area contributed by atoms with Crippen molar-refractivity contribution >= 4 is 11.6 Å². The number of aryl methyl sites for hydroxylation is 1. The van der Waals surface area contributed by atoms with Crippen molar-refractivity contribution in [3.63, 3.8) is 0 Å². The minimum atomic E-state index is -0.639. The number of carbonyl (C=O) groups is 2. The van der Waals surface area contributed by atoms with E-state index in [2.05, 4.69) is 4.84 Å². The van der Waals surface area contributed by atoms with E-state index in [9.17, 15) is 9.59 Å². The summed E-state index contributed by atoms with van der Waals surface area (Å²) in [7, 11) is 0. The van der Waals surface area contributed by atoms with Crippen LogP contribution in [-0.4, -0.2) is 11.6 Å². The van der Waals surface area contributed by atoms with Crippen molar-refractivity contribution in [3.05, 3.63) is 29.3 Å². The van der Waals surface area contributed by atoms with Crippen LogP contribution in [-0.2, 0) is 9.59 Å². The lowest BCUT2D eigenvalue weighted by Crippen LogP contribution is -2.15. The Bertz CT molecular complexity index is 482. The van der Waals surface area contributed by atoms with Crippen molar-refractivity contribution in [2.24, 2.45) is 11.8 Å². The number of hydrogen-bond donors (Lipinski definition) is 1. The lowest BCUT2D eigenvalue weighted by molar-refractivity contribution is -0.124. The zero-order chi connectivity index (χ0) is 12.6. The molecule has 0 spiro atoms. The third-order valence-electron chi connectivity index (χ3n) is 3.30. The summed E-state index contributed by atoms with van der Waals surface area (Å²) >= 11 is 0. The third kappa shape index (κ3) is 1.96. The van der Waals surface area contributed by atoms with Crippen molar-refractivity contribution in [2.45, 2.75) is 26.2 Å². The molecule has 0 amide bonds. The van der Waals surface area contributed by atoms with Gasteiger partial charge in [-0.15, -0.1) is 0 Å². The zero-order valence-electron chi connectivity index (χ0n) is 9.90. The first-order valence-electron chi connectivity index (χ1n) is 5.58. The number of Topliss-reactive ketones (excluding diaryl/α,β-unsaturated/α-hetero) is 2. The molecule has 1 aliphatic rings. The molecular formula is C13H15NO3. The minimum absolute atomic E-state index is 0.00716. The molecule has 2 atom stereocenters. The molecule has 1 fully saturated rings. The van der Waals surface area contributed by atoms with E-state index in [0.717, 1.165) is 5.56 Å². The van der Waals surface area contributed by atoms with E-state index in [1.165, 1.54) is 0 Å². The van der Waals surface area contributed by atoms with Crippen LogP contribution in [0.2, 0.25) is 0 Å². The van der Waals surface area contributed by atoms with Crippen LogP contribution >= 0.6 is 0 Å². The molecule has 1 aliphatic carbocycles. The van der Waals surface area contributed by atoms with Crippen molar-refractivity contribution in [1.29, 1.82) is 0 Å². The second kappa shape index (κ2) is 4.30. The Kier molecular flexibility index (Phi) is 2.98. The molecule has 4 nitrogen and oxygen atoms in total. The van der Waals surface area contributed by atoms with Crippen molar-refractivity contribution in [2.75, 3.05) is 0 Å². The van der Waals surface area contributed by atoms with Crippen LogP contribution in [0.1, 0.15) is 30.4 Å². The molecular weight excluding hydrogens is 218 g/mol. The van der Waals surface area contributed by atoms with E-state index >= 15 is 0 Å². The van der Waals surface area contributed by atoms with Gasteiger partial charge in [-0.3, -0.25) is 9.59 Å². The molecule has 1 saturated carbocycles. The van der Waals surface area contributed by atoms with E-state index in [4.69, 9.17) is 5.90 Å². The molecule has 2 N–H and O–H groups in total. The summed E-state index contributed by atoms with van der Waals surface area (Å²) in [6, 6.07) is 5.20. The Hall–Kier alpha value is -1.68. The number of nitrogens with two attached hydrogens (primary N) is 1. The maximum atomic E-state index is 12.0. The summed E-state index contributed by atoms with van der Waals surface area (Å²) in [6.45, 7) is 3.66. The van der Waals surface area contributed by atoms with Crippen molar-refractivity contribution < 1.29 is 14.4 Å². The molecule has 0 saturated heterocycles. The number of hydrogen-bond acceptors (Lipinski definition) is 4. The lowest BCUT2D eigenvalue weighted by atomic mass is 9.91. The highest BCUT2D eigenvalue weighted by molar-refractivity contribution is 6.14. The maximum Gasteiger partial charge on any atom is 0.150 e. The SMILES string of the molecule is Cc1ccc(ON)cc1C1C(=O)CC(C)C1=O. The molecule has 2 unspecified atom stereocenters. The predicted octanol–water partition coefficient (Wildman–Crippen LogP) is 1.51. The Labute approximate surface area is 99.7 Å². The van der Waals surface area contributed by atoms with Gasteiger partial charge in [0, 0.05) is 12.3 Å². The molecule has 0 bridgehead atoms. The molecule has 17 heavy (non-hydrogen) atoms. The summed E-state index contributed by atoms with van der Waals surface area (Å²) in [4.78, 5) is 28.5. The molecule has 1 aromatic rings. The van der Waals surface area contributed by atoms with Crippen LogP contribution < -0.4 is 10.7 Å². The predicted molar refractivity (Wildman–Crippen MR) is 62.5 cm³/mol. The smallest absolute Gasteiger partial charge is 0.150 e. The average molecular weight is 233 g/mol. The molecule has 0 heterocycles. The van der Waals surface area contributed by atoms with Crippen molar-refractivity contribution in [3.8, 4) is 5.75 Å². The van der Waals surface area contributed by atoms with Crippen LogP contribution in [0, 0.1) is 12.8 Å². The highest BCUT2D eigenvalue weighted by Crippen LogP contribution is 2.35. The fourth-order valence-electron chi connectivity index (χ4n) is 2.29. The van der Waals surface area contributed by atoms with E-state index < -0.39 is 5.92 Å². The highest BCUT2D eigenvalue weighted by atomic mass is 16.6. The Morgan fingerprint density at radius 2 is 2.06 bits per heavy atom. The molecule has 4 heteroatoms. The Morgan fingerprint density at radius 3 is 2.59 bits per heavy atom. The van der Waals surface area contributed by atoms with Gasteiger partial charge in [0.15, 0.2) is 5.78 Å². The molecule has 0 radical (unpaired) electrons. The van der Waals surface area contributed by atoms with E-state index in [0.29, 0.717) is 17.7 Å². The third-order valence-corrected chi connectivity index (χ3v) is 3.30. The largest absolute Gasteiger partial charge is 0.412 e. The van der Waals surface area contributed by atoms with E-state index in [-0.39, 0.29) is 17.5 Å². The molecule has 90 valence electrons. The Balaban J connectivity index is 2.46. The van der Waals surface area contributed by atoms with Crippen LogP contribution in [0.25, 0.3) is 0 Å². The van der Waals surface area contributed by atoms with E-state index in [1.807, 2.05) is 6.92 Å². The second-order valence-corrected chi connectivity index (χ2v) is 4.54. The first kappa shape index (κ1) is 11.8. The van der Waals surface area contributed by atoms with Crippen LogP contribution in [0.5, 0.6) is 5.75 Å². The average Bonchev–Trinajstić information content (AvgIpc) is 2.55. The van der Waals surface area contributed by atoms with Gasteiger partial charge >= 0.3 is 0 Å². The van der Waals surface area contributed by atoms with Crippen LogP contribution in [0.4, 0.5) is 0 Å². The number of carbonyl (C=O) groups excluding carboxylic acids is 2. The first-order valence-corrected chi connectivity index (χ1v) is 5.58. The summed E-state index contributed by atoms with van der Waals surface area (Å²) in [5, 5.41) is 0. The van der Waals surface area contributed by atoms with Gasteiger partial charge in [0.05, 0.1) is 0 Å². The molecule has 0 aliphatic heterocycles. The number of ketones is 2. The van der Waals surface area contributed by atoms with Gasteiger partial charge in [0.2, 0.25) is 0 Å². The quantitative estimate of drug-likeness (QED) is 0.621. The zero-order valence-corrected chi connectivity index (χ0v) is 9.90. The van der Waals surface area contributed by atoms with E-state index in [1.54, 1.807) is 25.1 Å². The van der Waals surface area contributed by atoms with Gasteiger partial charge in [0.25, 0.3) is 0 Å².